The van der Waals surface area contributed by atoms with Crippen molar-refractivity contribution in [3.63, 3.8) is 0 Å². The Hall–Kier alpha value is -5.49. The van der Waals surface area contributed by atoms with Gasteiger partial charge in [-0.3, -0.25) is 14.4 Å². The molecule has 1 unspecified atom stereocenters. The first-order valence-corrected chi connectivity index (χ1v) is 33.3. The van der Waals surface area contributed by atoms with Crippen LogP contribution in [0.25, 0.3) is 0 Å². The van der Waals surface area contributed by atoms with Crippen LogP contribution in [-0.4, -0.2) is 37.2 Å². The van der Waals surface area contributed by atoms with Gasteiger partial charge in [0, 0.05) is 19.3 Å². The fraction of sp³-hybridized carbons (Fsp3) is 0.571. The van der Waals surface area contributed by atoms with Crippen LogP contribution in [0.3, 0.4) is 0 Å². The predicted octanol–water partition coefficient (Wildman–Crippen LogP) is 23.2. The predicted molar refractivity (Wildman–Crippen MR) is 361 cm³/mol. The van der Waals surface area contributed by atoms with Crippen molar-refractivity contribution in [2.45, 2.75) is 271 Å². The fourth-order valence-electron chi connectivity index (χ4n) is 8.52. The van der Waals surface area contributed by atoms with Crippen molar-refractivity contribution >= 4 is 17.9 Å². The van der Waals surface area contributed by atoms with Gasteiger partial charge in [-0.25, -0.2) is 0 Å². The van der Waals surface area contributed by atoms with Crippen molar-refractivity contribution in [2.75, 3.05) is 13.2 Å². The lowest BCUT2D eigenvalue weighted by molar-refractivity contribution is -0.167. The minimum Gasteiger partial charge on any atom is -0.462 e. The van der Waals surface area contributed by atoms with Gasteiger partial charge >= 0.3 is 17.9 Å². The summed E-state index contributed by atoms with van der Waals surface area (Å²) in [6, 6.07) is 0. The number of unbranched alkanes of at least 4 members (excludes halogenated alkanes) is 17. The zero-order valence-corrected chi connectivity index (χ0v) is 53.1. The lowest BCUT2D eigenvalue weighted by atomic mass is 10.1. The third-order valence-electron chi connectivity index (χ3n) is 13.4. The summed E-state index contributed by atoms with van der Waals surface area (Å²) >= 11 is 0. The van der Waals surface area contributed by atoms with E-state index in [1.54, 1.807) is 0 Å². The van der Waals surface area contributed by atoms with E-state index < -0.39 is 6.10 Å². The van der Waals surface area contributed by atoms with Crippen molar-refractivity contribution < 1.29 is 28.6 Å². The van der Waals surface area contributed by atoms with Crippen LogP contribution in [0.4, 0.5) is 0 Å². The molecule has 1 atom stereocenters. The van der Waals surface area contributed by atoms with Crippen LogP contribution in [0.1, 0.15) is 265 Å². The lowest BCUT2D eigenvalue weighted by Crippen LogP contribution is -2.30. The Bertz CT molecular complexity index is 1940. The van der Waals surface area contributed by atoms with Gasteiger partial charge < -0.3 is 14.2 Å². The van der Waals surface area contributed by atoms with E-state index >= 15 is 0 Å². The van der Waals surface area contributed by atoms with Crippen LogP contribution >= 0.6 is 0 Å². The van der Waals surface area contributed by atoms with Crippen molar-refractivity contribution in [2.24, 2.45) is 0 Å². The molecule has 0 radical (unpaired) electrons. The molecule has 0 saturated carbocycles. The molecule has 0 heterocycles. The number of hydrogen-bond donors (Lipinski definition) is 0. The zero-order valence-electron chi connectivity index (χ0n) is 53.1. The SMILES string of the molecule is CC/C=C\C/C=C\C/C=C\C/C=C\C/C=C\C/C=C\C/C=C\CCCCCCCCCCCC(=O)OCC(COC(=O)CCCCCC/C=C\C/C=C\C/C=C\C/C=C\CC)OC(=O)CCCCCC/C=C\C/C=C\C/C=C\C/C=C\CC. The number of esters is 3. The number of allylic oxidation sites excluding steroid dienone is 30. The van der Waals surface area contributed by atoms with Gasteiger partial charge in [0.25, 0.3) is 0 Å². The Morgan fingerprint density at radius 3 is 0.675 bits per heavy atom. The molecule has 0 fully saturated rings. The quantitative estimate of drug-likeness (QED) is 0.0261. The number of hydrogen-bond acceptors (Lipinski definition) is 6. The third kappa shape index (κ3) is 67.2. The van der Waals surface area contributed by atoms with Crippen LogP contribution < -0.4 is 0 Å². The van der Waals surface area contributed by atoms with Gasteiger partial charge in [0.1, 0.15) is 13.2 Å². The van der Waals surface area contributed by atoms with Gasteiger partial charge in [0.15, 0.2) is 6.10 Å². The highest BCUT2D eigenvalue weighted by Gasteiger charge is 2.19. The second kappa shape index (κ2) is 69.0. The molecule has 6 heteroatoms. The van der Waals surface area contributed by atoms with Gasteiger partial charge in [-0.15, -0.1) is 0 Å². The molecule has 83 heavy (non-hydrogen) atoms. The molecular formula is C77H120O6. The molecule has 0 rings (SSSR count). The molecule has 0 aliphatic heterocycles. The fourth-order valence-corrected chi connectivity index (χ4v) is 8.52. The molecule has 0 amide bonds. The Kier molecular flexibility index (Phi) is 64.4. The van der Waals surface area contributed by atoms with Gasteiger partial charge in [0.05, 0.1) is 0 Å². The summed E-state index contributed by atoms with van der Waals surface area (Å²) < 4.78 is 16.9. The molecule has 0 aliphatic rings. The first-order chi connectivity index (χ1) is 41.0. The highest BCUT2D eigenvalue weighted by Crippen LogP contribution is 2.14. The molecule has 464 valence electrons. The standard InChI is InChI=1S/C77H120O6/c1-4-7-10-13-16-19-22-25-28-31-32-33-34-35-36-37-38-39-40-41-42-43-44-47-49-52-55-58-61-64-67-70-76(79)82-73-74(83-77(80)71-68-65-62-59-56-53-50-46-30-27-24-21-18-15-12-9-6-3)72-81-75(78)69-66-63-60-57-54-51-48-45-29-26-23-20-17-14-11-8-5-2/h7-12,16-21,25-30,32-33,35-36,38-39,41-42,48,50-51,53,74H,4-6,13-15,22-24,31,34,37,40,43-47,49,52,54-73H2,1-3H3/b10-7-,11-8-,12-9-,19-16-,20-17-,21-18-,28-25-,29-26-,30-27-,33-32-,36-35-,39-38-,42-41-,51-48-,53-50-. The Morgan fingerprint density at radius 1 is 0.241 bits per heavy atom. The number of carbonyl (C=O) groups is 3. The normalized spacial score (nSPS) is 13.3. The van der Waals surface area contributed by atoms with E-state index in [2.05, 4.69) is 203 Å². The molecule has 0 aromatic heterocycles. The summed E-state index contributed by atoms with van der Waals surface area (Å²) in [5.74, 6) is -0.966. The van der Waals surface area contributed by atoms with Crippen LogP contribution in [0.5, 0.6) is 0 Å². The van der Waals surface area contributed by atoms with Crippen LogP contribution in [0.15, 0.2) is 182 Å². The molecule has 0 N–H and O–H groups in total. The van der Waals surface area contributed by atoms with Crippen LogP contribution in [0.2, 0.25) is 0 Å². The number of rotatable bonds is 58. The van der Waals surface area contributed by atoms with E-state index in [-0.39, 0.29) is 37.5 Å². The van der Waals surface area contributed by atoms with Crippen LogP contribution in [-0.2, 0) is 28.6 Å². The molecular weight excluding hydrogens is 1020 g/mol. The van der Waals surface area contributed by atoms with Crippen LogP contribution in [0, 0.1) is 0 Å². The summed E-state index contributed by atoms with van der Waals surface area (Å²) in [6.45, 7) is 6.25. The third-order valence-corrected chi connectivity index (χ3v) is 13.4. The largest absolute Gasteiger partial charge is 0.462 e. The number of carbonyl (C=O) groups excluding carboxylic acids is 3. The highest BCUT2D eigenvalue weighted by atomic mass is 16.6. The van der Waals surface area contributed by atoms with Crippen molar-refractivity contribution in [3.8, 4) is 0 Å². The summed E-state index contributed by atoms with van der Waals surface area (Å²) in [6.07, 6.45) is 103. The average Bonchev–Trinajstić information content (AvgIpc) is 3.49. The van der Waals surface area contributed by atoms with E-state index in [4.69, 9.17) is 14.2 Å². The summed E-state index contributed by atoms with van der Waals surface area (Å²) in [5.41, 5.74) is 0. The van der Waals surface area contributed by atoms with Crippen molar-refractivity contribution in [1.82, 2.24) is 0 Å². The van der Waals surface area contributed by atoms with E-state index in [1.807, 2.05) is 0 Å². The van der Waals surface area contributed by atoms with E-state index in [0.717, 1.165) is 186 Å². The van der Waals surface area contributed by atoms with Gasteiger partial charge in [-0.05, 0) is 154 Å². The van der Waals surface area contributed by atoms with Gasteiger partial charge in [-0.2, -0.15) is 0 Å². The first kappa shape index (κ1) is 77.5. The molecule has 0 aromatic carbocycles. The Balaban J connectivity index is 4.41. The number of ether oxygens (including phenoxy) is 3. The maximum atomic E-state index is 12.9. The molecule has 0 spiro atoms. The first-order valence-electron chi connectivity index (χ1n) is 33.3. The topological polar surface area (TPSA) is 78.9 Å². The van der Waals surface area contributed by atoms with Gasteiger partial charge in [-0.1, -0.05) is 274 Å². The summed E-state index contributed by atoms with van der Waals surface area (Å²) in [7, 11) is 0. The Morgan fingerprint density at radius 2 is 0.434 bits per heavy atom. The lowest BCUT2D eigenvalue weighted by Gasteiger charge is -2.18. The second-order valence-electron chi connectivity index (χ2n) is 21.2. The molecule has 0 saturated heterocycles. The van der Waals surface area contributed by atoms with E-state index in [1.165, 1.54) is 38.5 Å². The second-order valence-corrected chi connectivity index (χ2v) is 21.2. The summed E-state index contributed by atoms with van der Waals surface area (Å²) in [4.78, 5) is 38.4. The zero-order chi connectivity index (χ0) is 59.9. The monoisotopic (exact) mass is 1140 g/mol. The Labute approximate surface area is 510 Å². The van der Waals surface area contributed by atoms with E-state index in [9.17, 15) is 14.4 Å². The van der Waals surface area contributed by atoms with Crippen molar-refractivity contribution in [3.05, 3.63) is 182 Å². The maximum absolute atomic E-state index is 12.9. The van der Waals surface area contributed by atoms with Gasteiger partial charge in [0.2, 0.25) is 0 Å². The maximum Gasteiger partial charge on any atom is 0.306 e. The summed E-state index contributed by atoms with van der Waals surface area (Å²) in [5, 5.41) is 0. The average molecular weight is 1140 g/mol. The van der Waals surface area contributed by atoms with E-state index in [0.29, 0.717) is 12.8 Å². The highest BCUT2D eigenvalue weighted by molar-refractivity contribution is 5.71. The minimum absolute atomic E-state index is 0.108. The smallest absolute Gasteiger partial charge is 0.306 e. The minimum atomic E-state index is -0.816. The molecule has 0 bridgehead atoms. The molecule has 0 aliphatic carbocycles. The molecule has 0 aromatic rings. The molecule has 6 nitrogen and oxygen atoms in total. The van der Waals surface area contributed by atoms with Crippen molar-refractivity contribution in [1.29, 1.82) is 0 Å².